The molecule has 1 amide bonds. The van der Waals surface area contributed by atoms with Crippen LogP contribution in [0.3, 0.4) is 0 Å². The maximum atomic E-state index is 12.1. The molecule has 0 aromatic carbocycles. The Balaban J connectivity index is 2.29. The smallest absolute Gasteiger partial charge is 0.309 e. The van der Waals surface area contributed by atoms with Crippen LogP contribution in [0, 0.1) is 5.92 Å². The number of nitrogens with zero attached hydrogens (tertiary/aromatic N) is 1. The standard InChI is InChI=1S/C14H19NO4/c1-2-3-8-15-12(16)7-6-10(14(17)18)13(15)11-5-4-9-19-11/h4-5,9-10,13H,2-3,6-8H2,1H3,(H,17,18)/t10-,13+/m1/s1. The van der Waals surface area contributed by atoms with Gasteiger partial charge in [0.15, 0.2) is 0 Å². The van der Waals surface area contributed by atoms with Crippen molar-refractivity contribution in [2.45, 2.75) is 38.6 Å². The highest BCUT2D eigenvalue weighted by molar-refractivity contribution is 5.81. The predicted octanol–water partition coefficient (Wildman–Crippen LogP) is 2.44. The monoisotopic (exact) mass is 265 g/mol. The maximum Gasteiger partial charge on any atom is 0.309 e. The molecule has 104 valence electrons. The van der Waals surface area contributed by atoms with E-state index in [1.165, 1.54) is 6.26 Å². The van der Waals surface area contributed by atoms with E-state index < -0.39 is 17.9 Å². The number of carboxylic acids is 1. The highest BCUT2D eigenvalue weighted by Crippen LogP contribution is 2.37. The van der Waals surface area contributed by atoms with Crippen molar-refractivity contribution in [1.29, 1.82) is 0 Å². The molecule has 2 heterocycles. The minimum atomic E-state index is -0.865. The van der Waals surface area contributed by atoms with E-state index in [1.807, 2.05) is 6.92 Å². The van der Waals surface area contributed by atoms with Gasteiger partial charge in [-0.2, -0.15) is 0 Å². The summed E-state index contributed by atoms with van der Waals surface area (Å²) in [5, 5.41) is 9.36. The van der Waals surface area contributed by atoms with Crippen molar-refractivity contribution >= 4 is 11.9 Å². The lowest BCUT2D eigenvalue weighted by atomic mass is 9.87. The molecule has 0 radical (unpaired) electrons. The quantitative estimate of drug-likeness (QED) is 0.887. The lowest BCUT2D eigenvalue weighted by molar-refractivity contribution is -0.152. The van der Waals surface area contributed by atoms with Crippen LogP contribution in [0.15, 0.2) is 22.8 Å². The van der Waals surface area contributed by atoms with Crippen LogP contribution in [-0.2, 0) is 9.59 Å². The molecule has 1 saturated heterocycles. The first-order valence-electron chi connectivity index (χ1n) is 6.70. The third kappa shape index (κ3) is 2.80. The topological polar surface area (TPSA) is 70.8 Å². The summed E-state index contributed by atoms with van der Waals surface area (Å²) in [5.74, 6) is -0.861. The van der Waals surface area contributed by atoms with Gasteiger partial charge < -0.3 is 14.4 Å². The predicted molar refractivity (Wildman–Crippen MR) is 68.4 cm³/mol. The number of carbonyl (C=O) groups is 2. The Morgan fingerprint density at radius 3 is 2.95 bits per heavy atom. The molecule has 5 nitrogen and oxygen atoms in total. The number of amides is 1. The van der Waals surface area contributed by atoms with Gasteiger partial charge >= 0.3 is 5.97 Å². The van der Waals surface area contributed by atoms with Gasteiger partial charge in [0, 0.05) is 13.0 Å². The molecule has 2 rings (SSSR count). The second-order valence-electron chi connectivity index (χ2n) is 4.88. The van der Waals surface area contributed by atoms with Gasteiger partial charge in [0.1, 0.15) is 11.8 Å². The number of likely N-dealkylation sites (tertiary alicyclic amines) is 1. The van der Waals surface area contributed by atoms with Crippen molar-refractivity contribution in [3.05, 3.63) is 24.2 Å². The lowest BCUT2D eigenvalue weighted by Gasteiger charge is -2.38. The van der Waals surface area contributed by atoms with E-state index in [1.54, 1.807) is 17.0 Å². The third-order valence-electron chi connectivity index (χ3n) is 3.61. The summed E-state index contributed by atoms with van der Waals surface area (Å²) >= 11 is 0. The average molecular weight is 265 g/mol. The second-order valence-corrected chi connectivity index (χ2v) is 4.88. The molecule has 0 spiro atoms. The fraction of sp³-hybridized carbons (Fsp3) is 0.571. The summed E-state index contributed by atoms with van der Waals surface area (Å²) in [6, 6.07) is 3.00. The van der Waals surface area contributed by atoms with Gasteiger partial charge in [-0.05, 0) is 25.0 Å². The number of carboxylic acid groups (broad SMARTS) is 1. The van der Waals surface area contributed by atoms with E-state index in [9.17, 15) is 14.7 Å². The molecule has 1 aliphatic rings. The fourth-order valence-electron chi connectivity index (χ4n) is 2.62. The van der Waals surface area contributed by atoms with Crippen molar-refractivity contribution in [2.24, 2.45) is 5.92 Å². The number of hydrogen-bond donors (Lipinski definition) is 1. The fourth-order valence-corrected chi connectivity index (χ4v) is 2.62. The molecule has 19 heavy (non-hydrogen) atoms. The number of rotatable bonds is 5. The first kappa shape index (κ1) is 13.6. The maximum absolute atomic E-state index is 12.1. The molecule has 1 aliphatic heterocycles. The van der Waals surface area contributed by atoms with Gasteiger partial charge in [-0.1, -0.05) is 13.3 Å². The normalized spacial score (nSPS) is 23.6. The number of hydrogen-bond acceptors (Lipinski definition) is 3. The number of carbonyl (C=O) groups excluding carboxylic acids is 1. The first-order valence-corrected chi connectivity index (χ1v) is 6.70. The highest BCUT2D eigenvalue weighted by atomic mass is 16.4. The number of furan rings is 1. The van der Waals surface area contributed by atoms with Crippen LogP contribution < -0.4 is 0 Å². The molecule has 0 unspecified atom stereocenters. The molecule has 0 saturated carbocycles. The second kappa shape index (κ2) is 5.91. The Labute approximate surface area is 112 Å². The Morgan fingerprint density at radius 2 is 2.37 bits per heavy atom. The van der Waals surface area contributed by atoms with Crippen molar-refractivity contribution < 1.29 is 19.1 Å². The molecule has 5 heteroatoms. The summed E-state index contributed by atoms with van der Waals surface area (Å²) in [5.41, 5.74) is 0. The number of piperidine rings is 1. The summed E-state index contributed by atoms with van der Waals surface area (Å²) in [6.07, 6.45) is 4.03. The SMILES string of the molecule is CCCCN1C(=O)CC[C@@H](C(=O)O)[C@H]1c1ccco1. The largest absolute Gasteiger partial charge is 0.481 e. The summed E-state index contributed by atoms with van der Waals surface area (Å²) in [7, 11) is 0. The first-order chi connectivity index (χ1) is 9.15. The zero-order chi connectivity index (χ0) is 13.8. The van der Waals surface area contributed by atoms with Gasteiger partial charge in [-0.25, -0.2) is 0 Å². The molecule has 1 N–H and O–H groups in total. The molecule has 0 aliphatic carbocycles. The Hall–Kier alpha value is -1.78. The summed E-state index contributed by atoms with van der Waals surface area (Å²) < 4.78 is 5.35. The average Bonchev–Trinajstić information content (AvgIpc) is 2.90. The molecule has 1 aromatic rings. The summed E-state index contributed by atoms with van der Waals surface area (Å²) in [4.78, 5) is 25.1. The van der Waals surface area contributed by atoms with E-state index in [4.69, 9.17) is 4.42 Å². The van der Waals surface area contributed by atoms with Crippen molar-refractivity contribution in [2.75, 3.05) is 6.54 Å². The van der Waals surface area contributed by atoms with Gasteiger partial charge in [-0.3, -0.25) is 9.59 Å². The lowest BCUT2D eigenvalue weighted by Crippen LogP contribution is -2.45. The van der Waals surface area contributed by atoms with Crippen LogP contribution in [0.5, 0.6) is 0 Å². The van der Waals surface area contributed by atoms with E-state index in [0.29, 0.717) is 25.1 Å². The van der Waals surface area contributed by atoms with Crippen molar-refractivity contribution in [1.82, 2.24) is 4.90 Å². The van der Waals surface area contributed by atoms with Crippen LogP contribution in [0.25, 0.3) is 0 Å². The minimum Gasteiger partial charge on any atom is -0.481 e. The minimum absolute atomic E-state index is 0.0207. The molecule has 1 aromatic heterocycles. The van der Waals surface area contributed by atoms with Crippen molar-refractivity contribution in [3.8, 4) is 0 Å². The molecule has 1 fully saturated rings. The number of aliphatic carboxylic acids is 1. The van der Waals surface area contributed by atoms with Crippen LogP contribution in [-0.4, -0.2) is 28.4 Å². The molecule has 2 atom stereocenters. The van der Waals surface area contributed by atoms with E-state index >= 15 is 0 Å². The highest BCUT2D eigenvalue weighted by Gasteiger charge is 2.41. The van der Waals surface area contributed by atoms with Crippen LogP contribution in [0.4, 0.5) is 0 Å². The molecular formula is C14H19NO4. The Morgan fingerprint density at radius 1 is 1.58 bits per heavy atom. The molecule has 0 bridgehead atoms. The van der Waals surface area contributed by atoms with Crippen LogP contribution in [0.2, 0.25) is 0 Å². The van der Waals surface area contributed by atoms with E-state index in [2.05, 4.69) is 0 Å². The van der Waals surface area contributed by atoms with Gasteiger partial charge in [-0.15, -0.1) is 0 Å². The zero-order valence-electron chi connectivity index (χ0n) is 11.0. The third-order valence-corrected chi connectivity index (χ3v) is 3.61. The van der Waals surface area contributed by atoms with Gasteiger partial charge in [0.25, 0.3) is 0 Å². The van der Waals surface area contributed by atoms with Crippen LogP contribution >= 0.6 is 0 Å². The Kier molecular flexibility index (Phi) is 4.24. The van der Waals surface area contributed by atoms with Gasteiger partial charge in [0.05, 0.1) is 12.2 Å². The van der Waals surface area contributed by atoms with Gasteiger partial charge in [0.2, 0.25) is 5.91 Å². The van der Waals surface area contributed by atoms with Crippen LogP contribution in [0.1, 0.15) is 44.4 Å². The summed E-state index contributed by atoms with van der Waals surface area (Å²) in [6.45, 7) is 2.63. The van der Waals surface area contributed by atoms with E-state index in [-0.39, 0.29) is 5.91 Å². The van der Waals surface area contributed by atoms with Crippen molar-refractivity contribution in [3.63, 3.8) is 0 Å². The molecular weight excluding hydrogens is 246 g/mol. The Bertz CT molecular complexity index is 440. The number of unbranched alkanes of at least 4 members (excludes halogenated alkanes) is 1. The zero-order valence-corrected chi connectivity index (χ0v) is 11.0. The van der Waals surface area contributed by atoms with E-state index in [0.717, 1.165) is 12.8 Å².